The Bertz CT molecular complexity index is 883. The van der Waals surface area contributed by atoms with Crippen LogP contribution < -0.4 is 5.32 Å². The monoisotopic (exact) mass is 416 g/mol. The van der Waals surface area contributed by atoms with E-state index in [1.165, 1.54) is 4.31 Å². The van der Waals surface area contributed by atoms with Gasteiger partial charge in [0, 0.05) is 24.7 Å². The minimum atomic E-state index is -3.56. The number of hydrogen-bond donors (Lipinski definition) is 1. The molecular weight excluding hydrogens is 384 g/mol. The Hall–Kier alpha value is -2.18. The van der Waals surface area contributed by atoms with Gasteiger partial charge in [-0.3, -0.25) is 4.79 Å². The zero-order chi connectivity index (χ0) is 21.6. The van der Waals surface area contributed by atoms with Crippen LogP contribution in [0.4, 0.5) is 0 Å². The maximum atomic E-state index is 12.9. The highest BCUT2D eigenvalue weighted by Crippen LogP contribution is 2.19. The average molecular weight is 417 g/mol. The molecule has 158 valence electrons. The number of sulfonamides is 1. The van der Waals surface area contributed by atoms with Crippen LogP contribution in [0.3, 0.4) is 0 Å². The van der Waals surface area contributed by atoms with Crippen molar-refractivity contribution in [2.75, 3.05) is 6.54 Å². The third-order valence-corrected chi connectivity index (χ3v) is 6.98. The summed E-state index contributed by atoms with van der Waals surface area (Å²) < 4.78 is 27.1. The number of benzene rings is 2. The number of nitrogens with one attached hydrogen (secondary N) is 1. The quantitative estimate of drug-likeness (QED) is 0.662. The van der Waals surface area contributed by atoms with Crippen molar-refractivity contribution in [2.45, 2.75) is 52.1 Å². The lowest BCUT2D eigenvalue weighted by Gasteiger charge is -2.26. The molecular formula is C23H32N2O3S. The molecule has 0 fully saturated rings. The van der Waals surface area contributed by atoms with Gasteiger partial charge in [-0.25, -0.2) is 8.42 Å². The van der Waals surface area contributed by atoms with Gasteiger partial charge >= 0.3 is 0 Å². The van der Waals surface area contributed by atoms with Gasteiger partial charge in [0.15, 0.2) is 0 Å². The number of rotatable bonds is 9. The maximum absolute atomic E-state index is 12.9. The molecule has 2 rings (SSSR count). The molecule has 5 nitrogen and oxygen atoms in total. The van der Waals surface area contributed by atoms with Gasteiger partial charge in [-0.2, -0.15) is 4.31 Å². The molecule has 29 heavy (non-hydrogen) atoms. The minimum absolute atomic E-state index is 0.104. The molecule has 0 radical (unpaired) electrons. The molecule has 1 N–H and O–H groups in total. The summed E-state index contributed by atoms with van der Waals surface area (Å²) in [6.45, 7) is 10.8. The van der Waals surface area contributed by atoms with E-state index < -0.39 is 10.0 Å². The van der Waals surface area contributed by atoms with E-state index in [4.69, 9.17) is 0 Å². The topological polar surface area (TPSA) is 66.5 Å². The Labute approximate surface area is 175 Å². The Kier molecular flexibility index (Phi) is 7.99. The lowest BCUT2D eigenvalue weighted by Crippen LogP contribution is -2.42. The molecule has 6 heteroatoms. The van der Waals surface area contributed by atoms with Crippen LogP contribution in [-0.4, -0.2) is 31.2 Å². The summed E-state index contributed by atoms with van der Waals surface area (Å²) in [5, 5.41) is 3.10. The van der Waals surface area contributed by atoms with Gasteiger partial charge in [0.1, 0.15) is 0 Å². The van der Waals surface area contributed by atoms with Crippen LogP contribution in [-0.2, 0) is 16.6 Å². The van der Waals surface area contributed by atoms with E-state index in [0.29, 0.717) is 23.9 Å². The second-order valence-corrected chi connectivity index (χ2v) is 9.87. The largest absolute Gasteiger partial charge is 0.349 e. The number of carbonyl (C=O) groups excluding carboxylic acids is 1. The van der Waals surface area contributed by atoms with Crippen molar-refractivity contribution in [3.8, 4) is 0 Å². The lowest BCUT2D eigenvalue weighted by molar-refractivity contribution is 0.0910. The van der Waals surface area contributed by atoms with E-state index >= 15 is 0 Å². The van der Waals surface area contributed by atoms with Crippen LogP contribution in [0.2, 0.25) is 0 Å². The molecule has 1 amide bonds. The first kappa shape index (κ1) is 23.1. The summed E-state index contributed by atoms with van der Waals surface area (Å²) in [7, 11) is -3.56. The van der Waals surface area contributed by atoms with Crippen LogP contribution in [0.25, 0.3) is 0 Å². The van der Waals surface area contributed by atoms with E-state index in [1.807, 2.05) is 19.1 Å². The van der Waals surface area contributed by atoms with E-state index in [0.717, 1.165) is 5.56 Å². The SMILES string of the molecule is CCN(Cc1ccc(C(=O)NC(C(C)C)C(C)C)cc1)S(=O)(=O)c1ccccc1. The number of nitrogens with zero attached hydrogens (tertiary/aromatic N) is 1. The molecule has 0 aliphatic heterocycles. The summed E-state index contributed by atoms with van der Waals surface area (Å²) in [6.07, 6.45) is 0. The minimum Gasteiger partial charge on any atom is -0.349 e. The first-order chi connectivity index (χ1) is 13.7. The molecule has 0 unspecified atom stereocenters. The smallest absolute Gasteiger partial charge is 0.251 e. The molecule has 2 aromatic carbocycles. The van der Waals surface area contributed by atoms with Crippen molar-refractivity contribution < 1.29 is 13.2 Å². The highest BCUT2D eigenvalue weighted by atomic mass is 32.2. The Morgan fingerprint density at radius 2 is 1.48 bits per heavy atom. The number of hydrogen-bond acceptors (Lipinski definition) is 3. The van der Waals surface area contributed by atoms with E-state index in [1.54, 1.807) is 42.5 Å². The third-order valence-electron chi connectivity index (χ3n) is 5.04. The van der Waals surface area contributed by atoms with E-state index in [9.17, 15) is 13.2 Å². The van der Waals surface area contributed by atoms with Crippen molar-refractivity contribution in [1.82, 2.24) is 9.62 Å². The zero-order valence-corrected chi connectivity index (χ0v) is 18.7. The van der Waals surface area contributed by atoms with Crippen LogP contribution >= 0.6 is 0 Å². The van der Waals surface area contributed by atoms with Crippen LogP contribution in [0, 0.1) is 11.8 Å². The molecule has 0 bridgehead atoms. The summed E-state index contributed by atoms with van der Waals surface area (Å²) >= 11 is 0. The van der Waals surface area contributed by atoms with Crippen LogP contribution in [0.5, 0.6) is 0 Å². The second-order valence-electron chi connectivity index (χ2n) is 7.93. The number of amides is 1. The van der Waals surface area contributed by atoms with Crippen molar-refractivity contribution in [3.63, 3.8) is 0 Å². The predicted octanol–water partition coefficient (Wildman–Crippen LogP) is 4.31. The Morgan fingerprint density at radius 3 is 1.97 bits per heavy atom. The van der Waals surface area contributed by atoms with Gasteiger partial charge in [0.05, 0.1) is 4.90 Å². The lowest BCUT2D eigenvalue weighted by atomic mass is 9.93. The Balaban J connectivity index is 2.12. The first-order valence-corrected chi connectivity index (χ1v) is 11.6. The first-order valence-electron chi connectivity index (χ1n) is 10.1. The fourth-order valence-corrected chi connectivity index (χ4v) is 4.87. The third kappa shape index (κ3) is 5.90. The van der Waals surface area contributed by atoms with Crippen LogP contribution in [0.15, 0.2) is 59.5 Å². The van der Waals surface area contributed by atoms with Crippen LogP contribution in [0.1, 0.15) is 50.5 Å². The average Bonchev–Trinajstić information content (AvgIpc) is 2.70. The molecule has 0 saturated heterocycles. The summed E-state index contributed by atoms with van der Waals surface area (Å²) in [4.78, 5) is 12.9. The normalized spacial score (nSPS) is 12.2. The van der Waals surface area contributed by atoms with Gasteiger partial charge in [-0.15, -0.1) is 0 Å². The number of carbonyl (C=O) groups is 1. The molecule has 0 aliphatic rings. The standard InChI is InChI=1S/C23H32N2O3S/c1-6-25(29(27,28)21-10-8-7-9-11-21)16-19-12-14-20(15-13-19)23(26)24-22(17(2)3)18(4)5/h7-15,17-18,22H,6,16H2,1-5H3,(H,24,26). The summed E-state index contributed by atoms with van der Waals surface area (Å²) in [5.74, 6) is 0.590. The summed E-state index contributed by atoms with van der Waals surface area (Å²) in [5.41, 5.74) is 1.42. The van der Waals surface area contributed by atoms with Gasteiger partial charge in [0.25, 0.3) is 5.91 Å². The van der Waals surface area contributed by atoms with Crippen molar-refractivity contribution in [1.29, 1.82) is 0 Å². The molecule has 0 saturated carbocycles. The molecule has 0 heterocycles. The molecule has 0 aromatic heterocycles. The van der Waals surface area contributed by atoms with Gasteiger partial charge < -0.3 is 5.32 Å². The van der Waals surface area contributed by atoms with Crippen molar-refractivity contribution >= 4 is 15.9 Å². The molecule has 0 aliphatic carbocycles. The molecule has 0 atom stereocenters. The van der Waals surface area contributed by atoms with E-state index in [-0.39, 0.29) is 23.4 Å². The van der Waals surface area contributed by atoms with Gasteiger partial charge in [-0.05, 0) is 41.7 Å². The molecule has 0 spiro atoms. The fraction of sp³-hybridized carbons (Fsp3) is 0.435. The van der Waals surface area contributed by atoms with Gasteiger partial charge in [0.2, 0.25) is 10.0 Å². The van der Waals surface area contributed by atoms with Crippen molar-refractivity contribution in [2.24, 2.45) is 11.8 Å². The van der Waals surface area contributed by atoms with E-state index in [2.05, 4.69) is 33.0 Å². The second kappa shape index (κ2) is 10.0. The Morgan fingerprint density at radius 1 is 0.931 bits per heavy atom. The zero-order valence-electron chi connectivity index (χ0n) is 17.9. The molecule has 2 aromatic rings. The van der Waals surface area contributed by atoms with Gasteiger partial charge in [-0.1, -0.05) is 65.0 Å². The fourth-order valence-electron chi connectivity index (χ4n) is 3.41. The highest BCUT2D eigenvalue weighted by molar-refractivity contribution is 7.89. The maximum Gasteiger partial charge on any atom is 0.251 e. The van der Waals surface area contributed by atoms with Crippen molar-refractivity contribution in [3.05, 3.63) is 65.7 Å². The highest BCUT2D eigenvalue weighted by Gasteiger charge is 2.23. The summed E-state index contributed by atoms with van der Waals surface area (Å²) in [6, 6.07) is 15.7. The predicted molar refractivity (Wildman–Crippen MR) is 117 cm³/mol.